The molecule has 1 saturated heterocycles. The summed E-state index contributed by atoms with van der Waals surface area (Å²) in [7, 11) is 0. The van der Waals surface area contributed by atoms with E-state index in [0.29, 0.717) is 0 Å². The maximum atomic E-state index is 12.6. The first kappa shape index (κ1) is 4.27. The van der Waals surface area contributed by atoms with E-state index in [4.69, 9.17) is 0 Å². The minimum Gasteiger partial charge on any atom is -0.326 e. The van der Waals surface area contributed by atoms with Crippen molar-refractivity contribution in [2.24, 2.45) is 0 Å². The molecule has 2 atom stereocenters. The molecule has 1 aliphatic carbocycles. The Kier molecular flexibility index (Phi) is 0.548. The van der Waals surface area contributed by atoms with Gasteiger partial charge < -0.3 is 4.74 Å². The van der Waals surface area contributed by atoms with Crippen molar-refractivity contribution >= 4 is 0 Å². The molecule has 2 heteroatoms. The highest BCUT2D eigenvalue weighted by atomic mass is 19.2. The van der Waals surface area contributed by atoms with Crippen LogP contribution >= 0.6 is 0 Å². The van der Waals surface area contributed by atoms with Crippen molar-refractivity contribution in [3.05, 3.63) is 24.3 Å². The predicted molar refractivity (Wildman–Crippen MR) is 27.0 cm³/mol. The van der Waals surface area contributed by atoms with E-state index in [-0.39, 0.29) is 6.10 Å². The Bertz CT molecular complexity index is 173. The highest BCUT2D eigenvalue weighted by Crippen LogP contribution is 2.42. The van der Waals surface area contributed by atoms with E-state index in [1.54, 1.807) is 18.2 Å². The van der Waals surface area contributed by atoms with Gasteiger partial charge >= 0.3 is 0 Å². The molecule has 42 valence electrons. The van der Waals surface area contributed by atoms with Crippen LogP contribution in [0.5, 0.6) is 0 Å². The van der Waals surface area contributed by atoms with Crippen LogP contribution in [0.4, 0.5) is 4.39 Å². The SMILES string of the molecule is FC12C=CC=CC1O2. The number of hydrogen-bond donors (Lipinski definition) is 0. The smallest absolute Gasteiger partial charge is 0.259 e. The molecule has 1 heterocycles. The number of halogens is 1. The summed E-state index contributed by atoms with van der Waals surface area (Å²) in [5, 5.41) is 0. The summed E-state index contributed by atoms with van der Waals surface area (Å²) in [6, 6.07) is 0. The van der Waals surface area contributed by atoms with Gasteiger partial charge in [0.2, 0.25) is 0 Å². The Morgan fingerprint density at radius 3 is 2.88 bits per heavy atom. The van der Waals surface area contributed by atoms with Gasteiger partial charge in [-0.3, -0.25) is 0 Å². The third-order valence-electron chi connectivity index (χ3n) is 1.36. The molecular weight excluding hydrogens is 107 g/mol. The maximum Gasteiger partial charge on any atom is 0.259 e. The van der Waals surface area contributed by atoms with E-state index in [1.165, 1.54) is 6.08 Å². The second-order valence-electron chi connectivity index (χ2n) is 1.98. The number of alkyl halides is 1. The molecule has 1 nitrogen and oxygen atoms in total. The van der Waals surface area contributed by atoms with Crippen LogP contribution in [0, 0.1) is 0 Å². The zero-order valence-electron chi connectivity index (χ0n) is 4.17. The fourth-order valence-corrected chi connectivity index (χ4v) is 0.817. The van der Waals surface area contributed by atoms with E-state index < -0.39 is 5.85 Å². The maximum absolute atomic E-state index is 12.6. The van der Waals surface area contributed by atoms with E-state index in [1.807, 2.05) is 0 Å². The van der Waals surface area contributed by atoms with Gasteiger partial charge in [-0.05, 0) is 12.2 Å². The lowest BCUT2D eigenvalue weighted by molar-refractivity contribution is 0.193. The van der Waals surface area contributed by atoms with E-state index in [0.717, 1.165) is 0 Å². The third-order valence-corrected chi connectivity index (χ3v) is 1.36. The summed E-state index contributed by atoms with van der Waals surface area (Å²) < 4.78 is 17.2. The van der Waals surface area contributed by atoms with Gasteiger partial charge in [-0.25, -0.2) is 4.39 Å². The molecule has 2 aliphatic rings. The van der Waals surface area contributed by atoms with Gasteiger partial charge in [0.05, 0.1) is 0 Å². The van der Waals surface area contributed by atoms with Crippen molar-refractivity contribution in [1.82, 2.24) is 0 Å². The van der Waals surface area contributed by atoms with E-state index in [9.17, 15) is 4.39 Å². The minimum absolute atomic E-state index is 0.285. The molecule has 0 spiro atoms. The Morgan fingerprint density at radius 1 is 1.50 bits per heavy atom. The van der Waals surface area contributed by atoms with Crippen LogP contribution in [0.25, 0.3) is 0 Å². The number of allylic oxidation sites excluding steroid dienone is 2. The van der Waals surface area contributed by atoms with E-state index in [2.05, 4.69) is 4.74 Å². The molecule has 0 N–H and O–H groups in total. The molecule has 0 radical (unpaired) electrons. The molecule has 1 aliphatic heterocycles. The summed E-state index contributed by atoms with van der Waals surface area (Å²) >= 11 is 0. The lowest BCUT2D eigenvalue weighted by atomic mass is 10.2. The van der Waals surface area contributed by atoms with Crippen LogP contribution in [0.15, 0.2) is 24.3 Å². The first-order valence-electron chi connectivity index (χ1n) is 2.54. The topological polar surface area (TPSA) is 12.5 Å². The normalized spacial score (nSPS) is 48.9. The number of epoxide rings is 1. The monoisotopic (exact) mass is 112 g/mol. The lowest BCUT2D eigenvalue weighted by Gasteiger charge is -1.91. The predicted octanol–water partition coefficient (Wildman–Crippen LogP) is 1.18. The largest absolute Gasteiger partial charge is 0.326 e. The van der Waals surface area contributed by atoms with Gasteiger partial charge in [-0.2, -0.15) is 0 Å². The summed E-state index contributed by atoms with van der Waals surface area (Å²) in [6.07, 6.45) is 6.30. The van der Waals surface area contributed by atoms with Crippen LogP contribution in [-0.2, 0) is 4.74 Å². The summed E-state index contributed by atoms with van der Waals surface area (Å²) in [4.78, 5) is 0. The van der Waals surface area contributed by atoms with Crippen molar-refractivity contribution in [2.75, 3.05) is 0 Å². The summed E-state index contributed by atoms with van der Waals surface area (Å²) in [5.41, 5.74) is 0. The Hall–Kier alpha value is -0.630. The van der Waals surface area contributed by atoms with Gasteiger partial charge in [-0.15, -0.1) is 0 Å². The van der Waals surface area contributed by atoms with Crippen molar-refractivity contribution in [2.45, 2.75) is 12.0 Å². The quantitative estimate of drug-likeness (QED) is 0.428. The highest BCUT2D eigenvalue weighted by Gasteiger charge is 2.55. The number of rotatable bonds is 0. The molecule has 0 aromatic rings. The fraction of sp³-hybridized carbons (Fsp3) is 0.333. The average Bonchev–Trinajstić information content (AvgIpc) is 2.39. The van der Waals surface area contributed by atoms with Gasteiger partial charge in [0.25, 0.3) is 5.85 Å². The summed E-state index contributed by atoms with van der Waals surface area (Å²) in [6.45, 7) is 0. The standard InChI is InChI=1S/C6H5FO/c7-6-4-2-1-3-5(6)8-6/h1-5H. The van der Waals surface area contributed by atoms with Crippen molar-refractivity contribution < 1.29 is 9.13 Å². The zero-order valence-corrected chi connectivity index (χ0v) is 4.17. The van der Waals surface area contributed by atoms with Crippen LogP contribution in [0.2, 0.25) is 0 Å². The van der Waals surface area contributed by atoms with Crippen LogP contribution in [-0.4, -0.2) is 12.0 Å². The third kappa shape index (κ3) is 0.383. The van der Waals surface area contributed by atoms with Crippen molar-refractivity contribution in [3.63, 3.8) is 0 Å². The highest BCUT2D eigenvalue weighted by molar-refractivity contribution is 5.27. The molecule has 1 fully saturated rings. The van der Waals surface area contributed by atoms with Gasteiger partial charge in [0.1, 0.15) is 6.10 Å². The lowest BCUT2D eigenvalue weighted by Crippen LogP contribution is -2.02. The average molecular weight is 112 g/mol. The second kappa shape index (κ2) is 1.03. The molecule has 2 rings (SSSR count). The van der Waals surface area contributed by atoms with Gasteiger partial charge in [0.15, 0.2) is 0 Å². The fourth-order valence-electron chi connectivity index (χ4n) is 0.817. The van der Waals surface area contributed by atoms with Crippen LogP contribution in [0.3, 0.4) is 0 Å². The van der Waals surface area contributed by atoms with Crippen LogP contribution < -0.4 is 0 Å². The molecule has 8 heavy (non-hydrogen) atoms. The first-order chi connectivity index (χ1) is 3.81. The molecule has 0 aromatic heterocycles. The molecule has 2 unspecified atom stereocenters. The van der Waals surface area contributed by atoms with Gasteiger partial charge in [0, 0.05) is 0 Å². The molecule has 0 amide bonds. The number of hydrogen-bond acceptors (Lipinski definition) is 1. The van der Waals surface area contributed by atoms with Gasteiger partial charge in [-0.1, -0.05) is 12.2 Å². The first-order valence-corrected chi connectivity index (χ1v) is 2.54. The second-order valence-corrected chi connectivity index (χ2v) is 1.98. The zero-order chi connectivity index (χ0) is 5.61. The van der Waals surface area contributed by atoms with Crippen LogP contribution in [0.1, 0.15) is 0 Å². The molecule has 0 saturated carbocycles. The Labute approximate surface area is 46.5 Å². The Balaban J connectivity index is 2.33. The molecule has 0 bridgehead atoms. The van der Waals surface area contributed by atoms with Crippen molar-refractivity contribution in [1.29, 1.82) is 0 Å². The number of ether oxygens (including phenoxy) is 1. The summed E-state index contributed by atoms with van der Waals surface area (Å²) in [5.74, 6) is -1.42. The Morgan fingerprint density at radius 2 is 2.38 bits per heavy atom. The minimum atomic E-state index is -1.42. The van der Waals surface area contributed by atoms with Crippen molar-refractivity contribution in [3.8, 4) is 0 Å². The molecular formula is C6H5FO. The molecule has 0 aromatic carbocycles. The van der Waals surface area contributed by atoms with E-state index >= 15 is 0 Å². The number of fused-ring (bicyclic) bond motifs is 1.